The van der Waals surface area contributed by atoms with Crippen LogP contribution in [0.1, 0.15) is 16.1 Å². The lowest BCUT2D eigenvalue weighted by Gasteiger charge is -2.34. The van der Waals surface area contributed by atoms with Gasteiger partial charge in [-0.15, -0.1) is 0 Å². The number of nitrogens with zero attached hydrogens (tertiary/aromatic N) is 2. The van der Waals surface area contributed by atoms with Gasteiger partial charge in [0.2, 0.25) is 0 Å². The minimum Gasteiger partial charge on any atom is -0.468 e. The van der Waals surface area contributed by atoms with E-state index in [1.807, 2.05) is 12.1 Å². The molecule has 0 unspecified atom stereocenters. The number of furan rings is 1. The second-order valence-electron chi connectivity index (χ2n) is 5.27. The summed E-state index contributed by atoms with van der Waals surface area (Å²) in [4.78, 5) is 16.2. The van der Waals surface area contributed by atoms with Crippen LogP contribution >= 0.6 is 11.6 Å². The van der Waals surface area contributed by atoms with E-state index >= 15 is 0 Å². The summed E-state index contributed by atoms with van der Waals surface area (Å²) in [6.45, 7) is 3.34. The SMILES string of the molecule is O=C(c1ccc(Cl)cc1F)N1CCN(Cc2ccco2)CC1. The number of amides is 1. The predicted octanol–water partition coefficient (Wildman–Crippen LogP) is 3.03. The van der Waals surface area contributed by atoms with Crippen LogP contribution < -0.4 is 0 Å². The summed E-state index contributed by atoms with van der Waals surface area (Å²) in [5, 5.41) is 0.289. The van der Waals surface area contributed by atoms with Crippen LogP contribution in [0, 0.1) is 5.82 Å². The highest BCUT2D eigenvalue weighted by Gasteiger charge is 2.24. The lowest BCUT2D eigenvalue weighted by molar-refractivity contribution is 0.0616. The molecule has 0 N–H and O–H groups in total. The molecular weight excluding hydrogens is 307 g/mol. The highest BCUT2D eigenvalue weighted by atomic mass is 35.5. The zero-order chi connectivity index (χ0) is 15.5. The van der Waals surface area contributed by atoms with E-state index in [-0.39, 0.29) is 16.5 Å². The third kappa shape index (κ3) is 3.31. The Labute approximate surface area is 133 Å². The van der Waals surface area contributed by atoms with Crippen LogP contribution in [-0.2, 0) is 6.54 Å². The van der Waals surface area contributed by atoms with Gasteiger partial charge in [0.1, 0.15) is 11.6 Å². The van der Waals surface area contributed by atoms with Crippen molar-refractivity contribution in [2.45, 2.75) is 6.54 Å². The van der Waals surface area contributed by atoms with Crippen LogP contribution in [0.25, 0.3) is 0 Å². The van der Waals surface area contributed by atoms with E-state index in [0.29, 0.717) is 13.1 Å². The number of piperazine rings is 1. The Kier molecular flexibility index (Phi) is 4.45. The minimum atomic E-state index is -0.574. The van der Waals surface area contributed by atoms with E-state index < -0.39 is 5.82 Å². The topological polar surface area (TPSA) is 36.7 Å². The maximum absolute atomic E-state index is 13.8. The Bertz CT molecular complexity index is 652. The summed E-state index contributed by atoms with van der Waals surface area (Å²) in [5.74, 6) is 0.0471. The molecule has 0 atom stereocenters. The summed E-state index contributed by atoms with van der Waals surface area (Å²) in [5.41, 5.74) is 0.0730. The summed E-state index contributed by atoms with van der Waals surface area (Å²) < 4.78 is 19.2. The molecule has 2 heterocycles. The molecular formula is C16H16ClFN2O2. The Balaban J connectivity index is 1.60. The van der Waals surface area contributed by atoms with E-state index in [9.17, 15) is 9.18 Å². The molecule has 1 aromatic carbocycles. The average molecular weight is 323 g/mol. The molecule has 1 aromatic heterocycles. The first-order valence-corrected chi connectivity index (χ1v) is 7.50. The van der Waals surface area contributed by atoms with E-state index in [0.717, 1.165) is 25.4 Å². The van der Waals surface area contributed by atoms with Gasteiger partial charge in [-0.05, 0) is 30.3 Å². The van der Waals surface area contributed by atoms with Gasteiger partial charge in [-0.3, -0.25) is 9.69 Å². The van der Waals surface area contributed by atoms with Gasteiger partial charge in [-0.1, -0.05) is 11.6 Å². The Morgan fingerprint density at radius 3 is 2.64 bits per heavy atom. The normalized spacial score (nSPS) is 16.0. The second-order valence-corrected chi connectivity index (χ2v) is 5.71. The molecule has 1 amide bonds. The summed E-state index contributed by atoms with van der Waals surface area (Å²) in [6, 6.07) is 7.93. The van der Waals surface area contributed by atoms with Crippen LogP contribution in [-0.4, -0.2) is 41.9 Å². The highest BCUT2D eigenvalue weighted by molar-refractivity contribution is 6.30. The smallest absolute Gasteiger partial charge is 0.256 e. The molecule has 1 aliphatic rings. The maximum Gasteiger partial charge on any atom is 0.256 e. The average Bonchev–Trinajstić information content (AvgIpc) is 3.00. The first-order valence-electron chi connectivity index (χ1n) is 7.12. The van der Waals surface area contributed by atoms with Crippen molar-refractivity contribution >= 4 is 17.5 Å². The second kappa shape index (κ2) is 6.50. The van der Waals surface area contributed by atoms with Gasteiger partial charge in [-0.2, -0.15) is 0 Å². The van der Waals surface area contributed by atoms with Gasteiger partial charge in [0.15, 0.2) is 0 Å². The highest BCUT2D eigenvalue weighted by Crippen LogP contribution is 2.17. The first-order chi connectivity index (χ1) is 10.6. The number of halogens is 2. The molecule has 3 rings (SSSR count). The van der Waals surface area contributed by atoms with Crippen LogP contribution in [0.2, 0.25) is 5.02 Å². The Morgan fingerprint density at radius 2 is 2.00 bits per heavy atom. The van der Waals surface area contributed by atoms with Crippen molar-refractivity contribution in [1.82, 2.24) is 9.80 Å². The van der Waals surface area contributed by atoms with Gasteiger partial charge in [0.05, 0.1) is 18.4 Å². The standard InChI is InChI=1S/C16H16ClFN2O2/c17-12-3-4-14(15(18)10-12)16(21)20-7-5-19(6-8-20)11-13-2-1-9-22-13/h1-4,9-10H,5-8,11H2. The van der Waals surface area contributed by atoms with Gasteiger partial charge in [0, 0.05) is 31.2 Å². The van der Waals surface area contributed by atoms with E-state index in [1.165, 1.54) is 18.2 Å². The fourth-order valence-corrected chi connectivity index (χ4v) is 2.72. The van der Waals surface area contributed by atoms with Crippen molar-refractivity contribution in [2.24, 2.45) is 0 Å². The lowest BCUT2D eigenvalue weighted by Crippen LogP contribution is -2.48. The van der Waals surface area contributed by atoms with Gasteiger partial charge in [-0.25, -0.2) is 4.39 Å². The third-order valence-electron chi connectivity index (χ3n) is 3.78. The van der Waals surface area contributed by atoms with E-state index in [4.69, 9.17) is 16.0 Å². The van der Waals surface area contributed by atoms with Gasteiger partial charge < -0.3 is 9.32 Å². The van der Waals surface area contributed by atoms with E-state index in [1.54, 1.807) is 11.2 Å². The summed E-state index contributed by atoms with van der Waals surface area (Å²) in [6.07, 6.45) is 1.65. The molecule has 0 spiro atoms. The van der Waals surface area contributed by atoms with Crippen molar-refractivity contribution < 1.29 is 13.6 Å². The van der Waals surface area contributed by atoms with Crippen LogP contribution in [0.5, 0.6) is 0 Å². The van der Waals surface area contributed by atoms with Crippen molar-refractivity contribution in [2.75, 3.05) is 26.2 Å². The molecule has 0 radical (unpaired) electrons. The molecule has 22 heavy (non-hydrogen) atoms. The molecule has 0 aliphatic carbocycles. The predicted molar refractivity (Wildman–Crippen MR) is 81.3 cm³/mol. The number of hydrogen-bond acceptors (Lipinski definition) is 3. The summed E-state index contributed by atoms with van der Waals surface area (Å²) >= 11 is 5.71. The Hall–Kier alpha value is -1.85. The van der Waals surface area contributed by atoms with Gasteiger partial charge >= 0.3 is 0 Å². The van der Waals surface area contributed by atoms with Crippen molar-refractivity contribution in [3.8, 4) is 0 Å². The Morgan fingerprint density at radius 1 is 1.23 bits per heavy atom. The molecule has 0 bridgehead atoms. The largest absolute Gasteiger partial charge is 0.468 e. The fourth-order valence-electron chi connectivity index (χ4n) is 2.57. The first kappa shape index (κ1) is 15.1. The number of benzene rings is 1. The molecule has 1 aliphatic heterocycles. The van der Waals surface area contributed by atoms with E-state index in [2.05, 4.69) is 4.90 Å². The quantitative estimate of drug-likeness (QED) is 0.871. The molecule has 6 heteroatoms. The van der Waals surface area contributed by atoms with Crippen molar-refractivity contribution in [3.63, 3.8) is 0 Å². The molecule has 1 fully saturated rings. The zero-order valence-electron chi connectivity index (χ0n) is 12.0. The zero-order valence-corrected chi connectivity index (χ0v) is 12.7. The molecule has 116 valence electrons. The van der Waals surface area contributed by atoms with Crippen LogP contribution in [0.4, 0.5) is 4.39 Å². The number of rotatable bonds is 3. The molecule has 1 saturated heterocycles. The van der Waals surface area contributed by atoms with Crippen molar-refractivity contribution in [3.05, 3.63) is 58.8 Å². The van der Waals surface area contributed by atoms with Crippen molar-refractivity contribution in [1.29, 1.82) is 0 Å². The van der Waals surface area contributed by atoms with Crippen LogP contribution in [0.3, 0.4) is 0 Å². The summed E-state index contributed by atoms with van der Waals surface area (Å²) in [7, 11) is 0. The van der Waals surface area contributed by atoms with Gasteiger partial charge in [0.25, 0.3) is 5.91 Å². The number of hydrogen-bond donors (Lipinski definition) is 0. The number of carbonyl (C=O) groups excluding carboxylic acids is 1. The number of carbonyl (C=O) groups is 1. The lowest BCUT2D eigenvalue weighted by atomic mass is 10.1. The van der Waals surface area contributed by atoms with Crippen LogP contribution in [0.15, 0.2) is 41.0 Å². The molecule has 0 saturated carbocycles. The monoisotopic (exact) mass is 322 g/mol. The molecule has 2 aromatic rings. The minimum absolute atomic E-state index is 0.0730. The maximum atomic E-state index is 13.8. The fraction of sp³-hybridized carbons (Fsp3) is 0.312. The molecule has 4 nitrogen and oxygen atoms in total. The third-order valence-corrected chi connectivity index (χ3v) is 4.02.